The molecular formula is C15H14N2O2S. The monoisotopic (exact) mass is 286 g/mol. The number of rotatable bonds is 3. The summed E-state index contributed by atoms with van der Waals surface area (Å²) in [6.45, 7) is -0.0795. The summed E-state index contributed by atoms with van der Waals surface area (Å²) in [6.07, 6.45) is 3.75. The van der Waals surface area contributed by atoms with Crippen molar-refractivity contribution < 1.29 is 9.84 Å². The highest BCUT2D eigenvalue weighted by atomic mass is 32.2. The number of benzene rings is 1. The molecule has 0 saturated carbocycles. The van der Waals surface area contributed by atoms with Crippen molar-refractivity contribution in [3.63, 3.8) is 0 Å². The fraction of sp³-hybridized carbons (Fsp3) is 0.200. The molecule has 2 aromatic heterocycles. The number of nitrogens with zero attached hydrogens (tertiary/aromatic N) is 2. The normalized spacial score (nSPS) is 11.2. The summed E-state index contributed by atoms with van der Waals surface area (Å²) in [5.74, 6) is 0.787. The molecule has 0 saturated heterocycles. The largest absolute Gasteiger partial charge is 0.496 e. The van der Waals surface area contributed by atoms with Gasteiger partial charge in [0.25, 0.3) is 0 Å². The molecule has 0 radical (unpaired) electrons. The van der Waals surface area contributed by atoms with Crippen LogP contribution in [-0.4, -0.2) is 28.4 Å². The van der Waals surface area contributed by atoms with Gasteiger partial charge in [-0.05, 0) is 30.5 Å². The van der Waals surface area contributed by atoms with Crippen LogP contribution < -0.4 is 4.74 Å². The second-order valence-corrected chi connectivity index (χ2v) is 5.20. The van der Waals surface area contributed by atoms with E-state index in [4.69, 9.17) is 4.74 Å². The van der Waals surface area contributed by atoms with Crippen molar-refractivity contribution in [2.45, 2.75) is 11.5 Å². The van der Waals surface area contributed by atoms with Crippen molar-refractivity contribution in [2.24, 2.45) is 0 Å². The number of hydrogen-bond donors (Lipinski definition) is 1. The Labute approximate surface area is 120 Å². The molecule has 3 aromatic rings. The third kappa shape index (κ3) is 1.99. The molecule has 0 aliphatic rings. The van der Waals surface area contributed by atoms with Gasteiger partial charge in [-0.15, -0.1) is 11.8 Å². The Morgan fingerprint density at radius 1 is 1.25 bits per heavy atom. The number of pyridine rings is 2. The lowest BCUT2D eigenvalue weighted by atomic mass is 10.1. The maximum absolute atomic E-state index is 9.37. The molecule has 5 heteroatoms. The van der Waals surface area contributed by atoms with E-state index in [1.807, 2.05) is 30.5 Å². The zero-order chi connectivity index (χ0) is 14.1. The summed E-state index contributed by atoms with van der Waals surface area (Å²) in [7, 11) is 1.65. The number of ether oxygens (including phenoxy) is 1. The molecule has 0 atom stereocenters. The summed E-state index contributed by atoms with van der Waals surface area (Å²) in [4.78, 5) is 10.0. The Morgan fingerprint density at radius 2 is 2.10 bits per heavy atom. The Balaban J connectivity index is 2.51. The minimum absolute atomic E-state index is 0.0795. The molecule has 4 nitrogen and oxygen atoms in total. The van der Waals surface area contributed by atoms with Gasteiger partial charge in [-0.25, -0.2) is 4.98 Å². The van der Waals surface area contributed by atoms with Gasteiger partial charge in [0.1, 0.15) is 11.3 Å². The molecule has 1 aromatic carbocycles. The summed E-state index contributed by atoms with van der Waals surface area (Å²) in [5.41, 5.74) is 2.25. The first-order valence-corrected chi connectivity index (χ1v) is 7.41. The van der Waals surface area contributed by atoms with Crippen LogP contribution in [0.3, 0.4) is 0 Å². The van der Waals surface area contributed by atoms with Crippen LogP contribution in [0.2, 0.25) is 0 Å². The van der Waals surface area contributed by atoms with Crippen LogP contribution in [0.4, 0.5) is 0 Å². The van der Waals surface area contributed by atoms with Gasteiger partial charge in [-0.2, -0.15) is 0 Å². The van der Waals surface area contributed by atoms with E-state index in [1.165, 1.54) is 0 Å². The van der Waals surface area contributed by atoms with Crippen LogP contribution >= 0.6 is 11.8 Å². The number of aromatic nitrogens is 2. The highest BCUT2D eigenvalue weighted by molar-refractivity contribution is 7.98. The average molecular weight is 286 g/mol. The lowest BCUT2D eigenvalue weighted by Crippen LogP contribution is -1.95. The number of hydrogen-bond acceptors (Lipinski definition) is 5. The van der Waals surface area contributed by atoms with Crippen LogP contribution in [-0.2, 0) is 6.61 Å². The van der Waals surface area contributed by atoms with Gasteiger partial charge in [-0.3, -0.25) is 4.98 Å². The maximum atomic E-state index is 9.37. The van der Waals surface area contributed by atoms with Crippen LogP contribution in [0, 0.1) is 0 Å². The summed E-state index contributed by atoms with van der Waals surface area (Å²) in [6, 6.07) is 7.73. The van der Waals surface area contributed by atoms with E-state index in [0.717, 1.165) is 32.5 Å². The van der Waals surface area contributed by atoms with Crippen molar-refractivity contribution in [1.82, 2.24) is 9.97 Å². The first kappa shape index (κ1) is 13.1. The molecule has 0 fully saturated rings. The van der Waals surface area contributed by atoms with Crippen molar-refractivity contribution in [3.05, 3.63) is 36.2 Å². The van der Waals surface area contributed by atoms with Crippen molar-refractivity contribution in [2.75, 3.05) is 13.4 Å². The van der Waals surface area contributed by atoms with E-state index in [1.54, 1.807) is 25.1 Å². The Morgan fingerprint density at radius 3 is 2.80 bits per heavy atom. The lowest BCUT2D eigenvalue weighted by molar-refractivity contribution is 0.277. The molecule has 0 aliphatic carbocycles. The van der Waals surface area contributed by atoms with E-state index in [2.05, 4.69) is 9.97 Å². The van der Waals surface area contributed by atoms with E-state index >= 15 is 0 Å². The van der Waals surface area contributed by atoms with Gasteiger partial charge in [0.05, 0.1) is 24.9 Å². The number of thioether (sulfide) groups is 1. The van der Waals surface area contributed by atoms with E-state index < -0.39 is 0 Å². The fourth-order valence-electron chi connectivity index (χ4n) is 2.32. The predicted octanol–water partition coefficient (Wildman–Crippen LogP) is 3.01. The standard InChI is InChI=1S/C15H14N2O2S/c1-19-12-7-11-13(20-2)6-9(8-18)17-15(11)14-10(12)4-3-5-16-14/h3-7,18H,8H2,1-2H3. The molecule has 0 unspecified atom stereocenters. The van der Waals surface area contributed by atoms with E-state index in [9.17, 15) is 5.11 Å². The van der Waals surface area contributed by atoms with Crippen molar-refractivity contribution in [1.29, 1.82) is 0 Å². The van der Waals surface area contributed by atoms with Crippen molar-refractivity contribution >= 4 is 33.6 Å². The first-order chi connectivity index (χ1) is 9.78. The minimum Gasteiger partial charge on any atom is -0.496 e. The van der Waals surface area contributed by atoms with Crippen LogP contribution in [0.15, 0.2) is 35.4 Å². The van der Waals surface area contributed by atoms with Gasteiger partial charge in [-0.1, -0.05) is 0 Å². The molecule has 102 valence electrons. The molecule has 0 amide bonds. The number of aliphatic hydroxyl groups excluding tert-OH is 1. The Kier molecular flexibility index (Phi) is 3.46. The summed E-state index contributed by atoms with van der Waals surface area (Å²) >= 11 is 1.62. The van der Waals surface area contributed by atoms with Crippen LogP contribution in [0.25, 0.3) is 21.8 Å². The number of aliphatic hydroxyl groups is 1. The molecule has 2 heterocycles. The van der Waals surface area contributed by atoms with E-state index in [0.29, 0.717) is 5.69 Å². The Bertz CT molecular complexity index is 790. The highest BCUT2D eigenvalue weighted by Crippen LogP contribution is 2.35. The van der Waals surface area contributed by atoms with Crippen LogP contribution in [0.5, 0.6) is 5.75 Å². The van der Waals surface area contributed by atoms with Crippen molar-refractivity contribution in [3.8, 4) is 5.75 Å². The second-order valence-electron chi connectivity index (χ2n) is 4.35. The van der Waals surface area contributed by atoms with Gasteiger partial charge in [0.2, 0.25) is 0 Å². The summed E-state index contributed by atoms with van der Waals surface area (Å²) < 4.78 is 5.47. The smallest absolute Gasteiger partial charge is 0.129 e. The zero-order valence-corrected chi connectivity index (χ0v) is 12.1. The summed E-state index contributed by atoms with van der Waals surface area (Å²) in [5, 5.41) is 11.3. The van der Waals surface area contributed by atoms with Crippen LogP contribution in [0.1, 0.15) is 5.69 Å². The molecule has 3 rings (SSSR count). The van der Waals surface area contributed by atoms with Gasteiger partial charge in [0, 0.05) is 21.9 Å². The zero-order valence-electron chi connectivity index (χ0n) is 11.3. The fourth-order valence-corrected chi connectivity index (χ4v) is 2.95. The maximum Gasteiger partial charge on any atom is 0.129 e. The molecule has 20 heavy (non-hydrogen) atoms. The predicted molar refractivity (Wildman–Crippen MR) is 81.3 cm³/mol. The average Bonchev–Trinajstić information content (AvgIpc) is 2.52. The highest BCUT2D eigenvalue weighted by Gasteiger charge is 2.13. The minimum atomic E-state index is -0.0795. The molecular weight excluding hydrogens is 272 g/mol. The van der Waals surface area contributed by atoms with Gasteiger partial charge in [0.15, 0.2) is 0 Å². The Hall–Kier alpha value is -1.85. The van der Waals surface area contributed by atoms with E-state index in [-0.39, 0.29) is 6.61 Å². The molecule has 0 aliphatic heterocycles. The second kappa shape index (κ2) is 5.26. The third-order valence-electron chi connectivity index (χ3n) is 3.25. The quantitative estimate of drug-likeness (QED) is 0.592. The first-order valence-electron chi connectivity index (χ1n) is 6.18. The molecule has 0 spiro atoms. The SMILES string of the molecule is COc1cc2c(SC)cc(CO)nc2c2ncccc12. The lowest BCUT2D eigenvalue weighted by Gasteiger charge is -2.11. The molecule has 1 N–H and O–H groups in total. The van der Waals surface area contributed by atoms with Gasteiger partial charge < -0.3 is 9.84 Å². The number of fused-ring (bicyclic) bond motifs is 3. The number of methoxy groups -OCH3 is 1. The van der Waals surface area contributed by atoms with Gasteiger partial charge >= 0.3 is 0 Å². The third-order valence-corrected chi connectivity index (χ3v) is 4.03. The topological polar surface area (TPSA) is 55.2 Å². The molecule has 0 bridgehead atoms.